The first kappa shape index (κ1) is 34.3. The third kappa shape index (κ3) is 5.75. The van der Waals surface area contributed by atoms with Gasteiger partial charge in [-0.25, -0.2) is 0 Å². The quantitative estimate of drug-likeness (QED) is 0.169. The first-order valence-corrected chi connectivity index (χ1v) is 19.7. The predicted octanol–water partition coefficient (Wildman–Crippen LogP) is 11.6. The second kappa shape index (κ2) is 12.8. The molecular weight excluding hydrogens is 653 g/mol. The molecule has 0 unspecified atom stereocenters. The zero-order chi connectivity index (χ0) is 37.4. The minimum Gasteiger partial charge on any atom is -0.315 e. The van der Waals surface area contributed by atoms with Crippen molar-refractivity contribution in [1.82, 2.24) is 0 Å². The average Bonchev–Trinajstić information content (AvgIpc) is 3.16. The van der Waals surface area contributed by atoms with E-state index in [4.69, 9.17) is 0 Å². The van der Waals surface area contributed by atoms with Crippen molar-refractivity contribution >= 4 is 62.9 Å². The molecule has 5 aromatic carbocycles. The van der Waals surface area contributed by atoms with Crippen LogP contribution in [0.15, 0.2) is 151 Å². The van der Waals surface area contributed by atoms with Crippen LogP contribution in [0.2, 0.25) is 0 Å². The summed E-state index contributed by atoms with van der Waals surface area (Å²) in [5.74, 6) is 0. The van der Waals surface area contributed by atoms with E-state index >= 15 is 0 Å². The highest BCUT2D eigenvalue weighted by Crippen LogP contribution is 2.45. The number of hydrogen-bond acceptors (Lipinski definition) is 3. The SMILES string of the molecule is Cc1ccc2c(c1)B1c3ccc(N(c4ccc(C(C)(C)C)cc4)c4ccccc4C)cc3N(C3=CC=CCC3)c3cccc(c31)N2C1=CCC(C)(C)C=C1. The maximum absolute atomic E-state index is 2.59. The zero-order valence-electron chi connectivity index (χ0n) is 32.8. The van der Waals surface area contributed by atoms with E-state index in [1.54, 1.807) is 0 Å². The molecule has 2 aliphatic carbocycles. The van der Waals surface area contributed by atoms with Gasteiger partial charge in [-0.3, -0.25) is 0 Å². The highest BCUT2D eigenvalue weighted by Gasteiger charge is 2.44. The second-order valence-electron chi connectivity index (χ2n) is 17.3. The molecule has 0 aromatic heterocycles. The number of aryl methyl sites for hydroxylation is 2. The van der Waals surface area contributed by atoms with Gasteiger partial charge in [0, 0.05) is 51.2 Å². The predicted molar refractivity (Wildman–Crippen MR) is 233 cm³/mol. The van der Waals surface area contributed by atoms with Gasteiger partial charge in [0.2, 0.25) is 0 Å². The molecule has 54 heavy (non-hydrogen) atoms. The highest BCUT2D eigenvalue weighted by molar-refractivity contribution is 7.00. The maximum atomic E-state index is 2.59. The number of fused-ring (bicyclic) bond motifs is 4. The van der Waals surface area contributed by atoms with Gasteiger partial charge in [-0.1, -0.05) is 119 Å². The van der Waals surface area contributed by atoms with Crippen LogP contribution in [-0.4, -0.2) is 6.71 Å². The molecule has 0 saturated heterocycles. The Morgan fingerprint density at radius 3 is 2.19 bits per heavy atom. The summed E-state index contributed by atoms with van der Waals surface area (Å²) in [6.45, 7) is 16.0. The summed E-state index contributed by atoms with van der Waals surface area (Å²) in [5.41, 5.74) is 19.4. The Bertz CT molecular complexity index is 2420. The number of anilines is 7. The van der Waals surface area contributed by atoms with Crippen LogP contribution in [0.1, 0.15) is 70.6 Å². The van der Waals surface area contributed by atoms with Crippen LogP contribution in [0, 0.1) is 19.3 Å². The molecule has 2 heterocycles. The van der Waals surface area contributed by atoms with Gasteiger partial charge < -0.3 is 14.7 Å². The average molecular weight is 704 g/mol. The summed E-state index contributed by atoms with van der Waals surface area (Å²) in [7, 11) is 0. The molecule has 0 saturated carbocycles. The molecule has 0 fully saturated rings. The first-order valence-electron chi connectivity index (χ1n) is 19.7. The smallest absolute Gasteiger partial charge is 0.252 e. The van der Waals surface area contributed by atoms with Crippen LogP contribution < -0.4 is 31.1 Å². The van der Waals surface area contributed by atoms with Gasteiger partial charge >= 0.3 is 0 Å². The van der Waals surface area contributed by atoms with Crippen molar-refractivity contribution in [3.63, 3.8) is 0 Å². The first-order chi connectivity index (χ1) is 26.0. The van der Waals surface area contributed by atoms with E-state index in [0.29, 0.717) is 0 Å². The number of allylic oxidation sites excluding steroid dienone is 7. The van der Waals surface area contributed by atoms with E-state index in [-0.39, 0.29) is 17.5 Å². The number of hydrogen-bond donors (Lipinski definition) is 0. The van der Waals surface area contributed by atoms with Gasteiger partial charge in [-0.05, 0) is 132 Å². The highest BCUT2D eigenvalue weighted by atomic mass is 15.2. The second-order valence-corrected chi connectivity index (χ2v) is 17.3. The summed E-state index contributed by atoms with van der Waals surface area (Å²) in [6, 6.07) is 39.3. The van der Waals surface area contributed by atoms with Crippen molar-refractivity contribution in [2.45, 2.75) is 73.1 Å². The Labute approximate surface area is 322 Å². The monoisotopic (exact) mass is 703 g/mol. The topological polar surface area (TPSA) is 9.72 Å². The van der Waals surface area contributed by atoms with Crippen LogP contribution in [0.25, 0.3) is 0 Å². The van der Waals surface area contributed by atoms with Crippen molar-refractivity contribution in [2.24, 2.45) is 5.41 Å². The van der Waals surface area contributed by atoms with Crippen LogP contribution in [0.4, 0.5) is 39.8 Å². The van der Waals surface area contributed by atoms with E-state index in [0.717, 1.165) is 30.6 Å². The summed E-state index contributed by atoms with van der Waals surface area (Å²) in [6.07, 6.45) is 17.1. The van der Waals surface area contributed by atoms with E-state index in [2.05, 4.69) is 203 Å². The Morgan fingerprint density at radius 2 is 1.48 bits per heavy atom. The zero-order valence-corrected chi connectivity index (χ0v) is 32.8. The van der Waals surface area contributed by atoms with Crippen molar-refractivity contribution in [3.05, 3.63) is 168 Å². The molecule has 0 atom stereocenters. The third-order valence-corrected chi connectivity index (χ3v) is 11.8. The van der Waals surface area contributed by atoms with Gasteiger partial charge in [0.1, 0.15) is 0 Å². The molecule has 0 N–H and O–H groups in total. The summed E-state index contributed by atoms with van der Waals surface area (Å²) >= 11 is 0. The maximum Gasteiger partial charge on any atom is 0.252 e. The lowest BCUT2D eigenvalue weighted by molar-refractivity contribution is 0.481. The summed E-state index contributed by atoms with van der Waals surface area (Å²) in [5, 5.41) is 0. The van der Waals surface area contributed by atoms with Gasteiger partial charge in [-0.15, -0.1) is 0 Å². The number of nitrogens with zero attached hydrogens (tertiary/aromatic N) is 3. The van der Waals surface area contributed by atoms with E-state index in [9.17, 15) is 0 Å². The van der Waals surface area contributed by atoms with Crippen molar-refractivity contribution in [3.8, 4) is 0 Å². The van der Waals surface area contributed by atoms with Crippen LogP contribution in [-0.2, 0) is 5.41 Å². The van der Waals surface area contributed by atoms with Crippen LogP contribution in [0.3, 0.4) is 0 Å². The standard InChI is InChI=1S/C50H50BN3/c1-34-20-27-44-42(32-34)51-41-26-25-40(52(43-17-12-11-14-35(43)2)38-23-21-36(22-24-38)49(3,4)5)33-47(41)54(37-15-9-8-10-16-37)46-19-13-18-45(48(46)51)53(44)39-28-30-50(6,7)31-29-39/h8-9,11-15,17-30,32-33H,10,16,31H2,1-7H3. The lowest BCUT2D eigenvalue weighted by Gasteiger charge is -2.45. The molecular formula is C50H50BN3. The minimum absolute atomic E-state index is 0.0807. The summed E-state index contributed by atoms with van der Waals surface area (Å²) in [4.78, 5) is 7.57. The fourth-order valence-electron chi connectivity index (χ4n) is 8.88. The van der Waals surface area contributed by atoms with Crippen molar-refractivity contribution in [2.75, 3.05) is 14.7 Å². The summed E-state index contributed by atoms with van der Waals surface area (Å²) < 4.78 is 0. The molecule has 9 rings (SSSR count). The third-order valence-electron chi connectivity index (χ3n) is 11.8. The Hall–Kier alpha value is -5.48. The molecule has 5 aromatic rings. The van der Waals surface area contributed by atoms with Gasteiger partial charge in [0.05, 0.1) is 0 Å². The lowest BCUT2D eigenvalue weighted by atomic mass is 9.33. The Balaban J connectivity index is 1.28. The molecule has 0 amide bonds. The molecule has 2 aliphatic heterocycles. The molecule has 4 heteroatoms. The molecule has 3 nitrogen and oxygen atoms in total. The van der Waals surface area contributed by atoms with E-state index in [1.165, 1.54) is 72.9 Å². The number of para-hydroxylation sites is 1. The molecule has 0 bridgehead atoms. The fourth-order valence-corrected chi connectivity index (χ4v) is 8.88. The number of benzene rings is 5. The molecule has 4 aliphatic rings. The van der Waals surface area contributed by atoms with Gasteiger partial charge in [0.15, 0.2) is 0 Å². The largest absolute Gasteiger partial charge is 0.315 e. The lowest BCUT2D eigenvalue weighted by Crippen LogP contribution is -2.62. The Morgan fingerprint density at radius 1 is 0.722 bits per heavy atom. The Kier molecular flexibility index (Phi) is 8.15. The van der Waals surface area contributed by atoms with Gasteiger partial charge in [0.25, 0.3) is 6.71 Å². The van der Waals surface area contributed by atoms with E-state index < -0.39 is 0 Å². The molecule has 0 spiro atoms. The number of rotatable bonds is 5. The minimum atomic E-state index is 0.0807. The van der Waals surface area contributed by atoms with Crippen molar-refractivity contribution < 1.29 is 0 Å². The van der Waals surface area contributed by atoms with Crippen LogP contribution in [0.5, 0.6) is 0 Å². The fraction of sp³-hybridized carbons (Fsp3) is 0.240. The molecule has 0 radical (unpaired) electrons. The molecule has 268 valence electrons. The van der Waals surface area contributed by atoms with Crippen LogP contribution >= 0.6 is 0 Å². The van der Waals surface area contributed by atoms with Gasteiger partial charge in [-0.2, -0.15) is 0 Å². The van der Waals surface area contributed by atoms with E-state index in [1.807, 2.05) is 0 Å². The normalized spacial score (nSPS) is 16.7. The van der Waals surface area contributed by atoms with Crippen molar-refractivity contribution in [1.29, 1.82) is 0 Å².